The highest BCUT2D eigenvalue weighted by molar-refractivity contribution is 9.10. The molecule has 1 saturated heterocycles. The molecule has 1 aromatic carbocycles. The maximum absolute atomic E-state index is 12.2. The normalized spacial score (nSPS) is 14.6. The van der Waals surface area contributed by atoms with E-state index in [2.05, 4.69) is 36.0 Å². The van der Waals surface area contributed by atoms with Gasteiger partial charge in [0.2, 0.25) is 5.91 Å². The summed E-state index contributed by atoms with van der Waals surface area (Å²) in [6.45, 7) is 5.58. The van der Waals surface area contributed by atoms with Gasteiger partial charge in [-0.3, -0.25) is 9.69 Å². The molecule has 0 saturated carbocycles. The molecule has 1 aliphatic heterocycles. The number of carbonyl (C=O) groups excluding carboxylic acids is 2. The third-order valence-electron chi connectivity index (χ3n) is 4.45. The first-order chi connectivity index (χ1) is 13.5. The Morgan fingerprint density at radius 1 is 1.11 bits per heavy atom. The zero-order chi connectivity index (χ0) is 19.9. The maximum Gasteiger partial charge on any atom is 0.339 e. The summed E-state index contributed by atoms with van der Waals surface area (Å²) in [4.78, 5) is 32.6. The average Bonchev–Trinajstić information content (AvgIpc) is 2.71. The summed E-state index contributed by atoms with van der Waals surface area (Å²) in [5.41, 5.74) is 1.24. The fourth-order valence-corrected chi connectivity index (χ4v) is 3.24. The number of halogens is 1. The Hall–Kier alpha value is -2.45. The van der Waals surface area contributed by atoms with E-state index in [0.29, 0.717) is 18.7 Å². The number of nitrogens with zero attached hydrogens (tertiary/aromatic N) is 3. The van der Waals surface area contributed by atoms with Gasteiger partial charge in [-0.1, -0.05) is 15.9 Å². The van der Waals surface area contributed by atoms with Crippen molar-refractivity contribution < 1.29 is 14.3 Å². The fourth-order valence-electron chi connectivity index (χ4n) is 2.98. The Bertz CT molecular complexity index is 803. The molecule has 0 radical (unpaired) electrons. The van der Waals surface area contributed by atoms with Crippen LogP contribution in [0.4, 0.5) is 11.5 Å². The lowest BCUT2D eigenvalue weighted by molar-refractivity contribution is -0.117. The number of nitrogens with one attached hydrogen (secondary N) is 1. The second-order valence-corrected chi connectivity index (χ2v) is 7.36. The van der Waals surface area contributed by atoms with E-state index in [-0.39, 0.29) is 11.9 Å². The number of carbonyl (C=O) groups is 2. The molecule has 8 heteroatoms. The monoisotopic (exact) mass is 446 g/mol. The van der Waals surface area contributed by atoms with Gasteiger partial charge in [0.15, 0.2) is 0 Å². The zero-order valence-electron chi connectivity index (χ0n) is 15.7. The highest BCUT2D eigenvalue weighted by atomic mass is 79.9. The maximum atomic E-state index is 12.2. The minimum Gasteiger partial charge on any atom is -0.462 e. The van der Waals surface area contributed by atoms with Crippen LogP contribution in [0.15, 0.2) is 47.1 Å². The number of rotatable bonds is 6. The highest BCUT2D eigenvalue weighted by Crippen LogP contribution is 2.16. The molecule has 28 heavy (non-hydrogen) atoms. The molecule has 2 aromatic rings. The number of piperazine rings is 1. The van der Waals surface area contributed by atoms with Crippen LogP contribution in [0, 0.1) is 0 Å². The van der Waals surface area contributed by atoms with Crippen molar-refractivity contribution in [3.05, 3.63) is 52.6 Å². The van der Waals surface area contributed by atoms with Crippen LogP contribution in [0.3, 0.4) is 0 Å². The molecule has 3 rings (SSSR count). The minimum absolute atomic E-state index is 0.0207. The Morgan fingerprint density at radius 3 is 2.43 bits per heavy atom. The quantitative estimate of drug-likeness (QED) is 0.687. The van der Waals surface area contributed by atoms with E-state index in [1.807, 2.05) is 30.3 Å². The molecule has 1 N–H and O–H groups in total. The van der Waals surface area contributed by atoms with E-state index in [1.54, 1.807) is 19.2 Å². The van der Waals surface area contributed by atoms with Gasteiger partial charge in [-0.05, 0) is 43.3 Å². The van der Waals surface area contributed by atoms with E-state index < -0.39 is 0 Å². The summed E-state index contributed by atoms with van der Waals surface area (Å²) in [5, 5.41) is 2.92. The molecule has 0 atom stereocenters. The van der Waals surface area contributed by atoms with Crippen molar-refractivity contribution in [3.8, 4) is 0 Å². The van der Waals surface area contributed by atoms with E-state index in [4.69, 9.17) is 4.74 Å². The van der Waals surface area contributed by atoms with E-state index in [0.717, 1.165) is 42.2 Å². The molecule has 1 fully saturated rings. The number of aromatic nitrogens is 1. The highest BCUT2D eigenvalue weighted by Gasteiger charge is 2.20. The van der Waals surface area contributed by atoms with Crippen LogP contribution in [0.25, 0.3) is 0 Å². The van der Waals surface area contributed by atoms with Crippen LogP contribution < -0.4 is 10.2 Å². The molecule has 0 aliphatic carbocycles. The second kappa shape index (κ2) is 9.66. The molecular formula is C20H23BrN4O3. The fraction of sp³-hybridized carbons (Fsp3) is 0.350. The molecule has 1 aliphatic rings. The third kappa shape index (κ3) is 5.53. The number of hydrogen-bond donors (Lipinski definition) is 1. The Balaban J connectivity index is 1.47. The summed E-state index contributed by atoms with van der Waals surface area (Å²) in [6.07, 6.45) is 1.55. The summed E-state index contributed by atoms with van der Waals surface area (Å²) in [6, 6.07) is 11.1. The van der Waals surface area contributed by atoms with Crippen LogP contribution in [0.2, 0.25) is 0 Å². The number of anilines is 2. The minimum atomic E-state index is -0.358. The summed E-state index contributed by atoms with van der Waals surface area (Å²) in [7, 11) is 0. The number of hydrogen-bond acceptors (Lipinski definition) is 6. The molecular weight excluding hydrogens is 424 g/mol. The number of benzene rings is 1. The number of esters is 1. The van der Waals surface area contributed by atoms with E-state index >= 15 is 0 Å². The Labute approximate surface area is 172 Å². The number of amides is 1. The van der Waals surface area contributed by atoms with Gasteiger partial charge in [-0.15, -0.1) is 0 Å². The van der Waals surface area contributed by atoms with Crippen molar-refractivity contribution in [1.82, 2.24) is 9.88 Å². The third-order valence-corrected chi connectivity index (χ3v) is 4.98. The van der Waals surface area contributed by atoms with Gasteiger partial charge in [0.1, 0.15) is 5.82 Å². The van der Waals surface area contributed by atoms with Crippen LogP contribution >= 0.6 is 15.9 Å². The van der Waals surface area contributed by atoms with Crippen molar-refractivity contribution in [1.29, 1.82) is 0 Å². The molecule has 2 heterocycles. The predicted octanol–water partition coefficient (Wildman–Crippen LogP) is 2.78. The number of pyridine rings is 1. The lowest BCUT2D eigenvalue weighted by atomic mass is 10.2. The number of ether oxygens (including phenoxy) is 1. The van der Waals surface area contributed by atoms with E-state index in [1.165, 1.54) is 0 Å². The van der Waals surface area contributed by atoms with Gasteiger partial charge in [0.25, 0.3) is 0 Å². The first-order valence-electron chi connectivity index (χ1n) is 9.21. The summed E-state index contributed by atoms with van der Waals surface area (Å²) < 4.78 is 5.95. The van der Waals surface area contributed by atoms with Crippen LogP contribution in [-0.2, 0) is 9.53 Å². The largest absolute Gasteiger partial charge is 0.462 e. The SMILES string of the molecule is CCOC(=O)c1ccc(N2CCN(CC(=O)Nc3ccc(Br)cc3)CC2)nc1. The van der Waals surface area contributed by atoms with Gasteiger partial charge >= 0.3 is 5.97 Å². The van der Waals surface area contributed by atoms with Crippen molar-refractivity contribution in [2.24, 2.45) is 0 Å². The lowest BCUT2D eigenvalue weighted by Gasteiger charge is -2.35. The second-order valence-electron chi connectivity index (χ2n) is 6.44. The van der Waals surface area contributed by atoms with Crippen molar-refractivity contribution >= 4 is 39.3 Å². The van der Waals surface area contributed by atoms with Gasteiger partial charge < -0.3 is 15.0 Å². The van der Waals surface area contributed by atoms with Crippen molar-refractivity contribution in [3.63, 3.8) is 0 Å². The molecule has 0 bridgehead atoms. The summed E-state index contributed by atoms with van der Waals surface area (Å²) >= 11 is 3.38. The van der Waals surface area contributed by atoms with Gasteiger partial charge in [-0.25, -0.2) is 9.78 Å². The predicted molar refractivity (Wildman–Crippen MR) is 112 cm³/mol. The van der Waals surface area contributed by atoms with Gasteiger partial charge in [-0.2, -0.15) is 0 Å². The lowest BCUT2D eigenvalue weighted by Crippen LogP contribution is -2.48. The average molecular weight is 447 g/mol. The molecule has 148 valence electrons. The molecule has 0 spiro atoms. The van der Waals surface area contributed by atoms with E-state index in [9.17, 15) is 9.59 Å². The van der Waals surface area contributed by atoms with Gasteiger partial charge in [0, 0.05) is 42.5 Å². The van der Waals surface area contributed by atoms with Gasteiger partial charge in [0.05, 0.1) is 18.7 Å². The van der Waals surface area contributed by atoms with Crippen LogP contribution in [0.5, 0.6) is 0 Å². The Kier molecular flexibility index (Phi) is 7.00. The molecule has 1 aromatic heterocycles. The molecule has 0 unspecified atom stereocenters. The van der Waals surface area contributed by atoms with Crippen molar-refractivity contribution in [2.45, 2.75) is 6.92 Å². The topological polar surface area (TPSA) is 74.8 Å². The molecule has 7 nitrogen and oxygen atoms in total. The molecule has 1 amide bonds. The van der Waals surface area contributed by atoms with Crippen molar-refractivity contribution in [2.75, 3.05) is 49.5 Å². The van der Waals surface area contributed by atoms with Crippen LogP contribution in [-0.4, -0.2) is 61.1 Å². The smallest absolute Gasteiger partial charge is 0.339 e. The first kappa shape index (κ1) is 20.3. The standard InChI is InChI=1S/C20H23BrN4O3/c1-2-28-20(27)15-3-8-18(22-13-15)25-11-9-24(10-12-25)14-19(26)23-17-6-4-16(21)5-7-17/h3-8,13H,2,9-12,14H2,1H3,(H,23,26). The Morgan fingerprint density at radius 2 is 1.82 bits per heavy atom. The van der Waals surface area contributed by atoms with Crippen LogP contribution in [0.1, 0.15) is 17.3 Å². The first-order valence-corrected chi connectivity index (χ1v) is 10.0. The summed E-state index contributed by atoms with van der Waals surface area (Å²) in [5.74, 6) is 0.447. The zero-order valence-corrected chi connectivity index (χ0v) is 17.3.